The molecule has 0 amide bonds. The summed E-state index contributed by atoms with van der Waals surface area (Å²) in [5, 5.41) is 0. The van der Waals surface area contributed by atoms with Crippen LogP contribution in [0.15, 0.2) is 0 Å². The second kappa shape index (κ2) is 5.57. The van der Waals surface area contributed by atoms with Gasteiger partial charge in [0.2, 0.25) is 0 Å². The first-order valence-corrected chi connectivity index (χ1v) is 4.85. The van der Waals surface area contributed by atoms with Crippen LogP contribution in [0, 0.1) is 0 Å². The van der Waals surface area contributed by atoms with Gasteiger partial charge in [-0.05, 0) is 0 Å². The summed E-state index contributed by atoms with van der Waals surface area (Å²) in [6, 6.07) is 0. The number of rotatable bonds is 1. The fourth-order valence-corrected chi connectivity index (χ4v) is 0. The lowest BCUT2D eigenvalue weighted by molar-refractivity contribution is -0.849. The Morgan fingerprint density at radius 2 is 1.50 bits per heavy atom. The Bertz CT molecular complexity index is 95.2. The summed E-state index contributed by atoms with van der Waals surface area (Å²) in [7, 11) is 5.98. The van der Waals surface area contributed by atoms with Crippen molar-refractivity contribution in [1.82, 2.24) is 0 Å². The summed E-state index contributed by atoms with van der Waals surface area (Å²) in [6.07, 6.45) is 0. The van der Waals surface area contributed by atoms with Crippen LogP contribution in [0.2, 0.25) is 0 Å². The molecule has 0 bridgehead atoms. The van der Waals surface area contributed by atoms with Gasteiger partial charge in [0.15, 0.2) is 0 Å². The lowest BCUT2D eigenvalue weighted by Crippen LogP contribution is -2.27. The first-order valence-electron chi connectivity index (χ1n) is 2.81. The normalized spacial score (nSPS) is 9.60. The molecule has 0 saturated heterocycles. The van der Waals surface area contributed by atoms with Gasteiger partial charge in [-0.2, -0.15) is 0 Å². The van der Waals surface area contributed by atoms with Crippen LogP contribution in [0.4, 0.5) is 0 Å². The van der Waals surface area contributed by atoms with E-state index in [1.165, 1.54) is 0 Å². The Labute approximate surface area is 66.5 Å². The maximum Gasteiger partial charge on any atom is 0.403 e. The van der Waals surface area contributed by atoms with Gasteiger partial charge in [0.05, 0.1) is 28.2 Å². The Balaban J connectivity index is 0. The lowest BCUT2D eigenvalue weighted by Gasteiger charge is -2.14. The molecule has 0 aliphatic carbocycles. The molecule has 4 nitrogen and oxygen atoms in total. The van der Waals surface area contributed by atoms with Crippen molar-refractivity contribution < 1.29 is 17.9 Å². The molecule has 0 radical (unpaired) electrons. The van der Waals surface area contributed by atoms with E-state index in [4.69, 9.17) is 0 Å². The molecule has 0 aromatic heterocycles. The topological polar surface area (TPSA) is 49.4 Å². The van der Waals surface area contributed by atoms with Crippen LogP contribution >= 0.6 is 0 Å². The summed E-state index contributed by atoms with van der Waals surface area (Å²) in [5.41, 5.74) is 0. The number of nitrogens with zero attached hydrogens (tertiary/aromatic N) is 1. The van der Waals surface area contributed by atoms with Crippen LogP contribution in [-0.2, 0) is 8.58 Å². The average Bonchev–Trinajstić information content (AvgIpc) is 1.61. The van der Waals surface area contributed by atoms with E-state index in [0.717, 1.165) is 4.48 Å². The minimum absolute atomic E-state index is 0.294. The predicted octanol–water partition coefficient (Wildman–Crippen LogP) is -2.62. The van der Waals surface area contributed by atoms with E-state index in [-0.39, 0.29) is 0 Å². The molecule has 0 atom stereocenters. The monoisotopic (exact) mass is 181 g/mol. The van der Waals surface area contributed by atoms with Gasteiger partial charge in [0, 0.05) is 0 Å². The van der Waals surface area contributed by atoms with E-state index < -0.39 is 9.17 Å². The molecule has 10 heavy (non-hydrogen) atoms. The van der Waals surface area contributed by atoms with Gasteiger partial charge in [-0.25, -0.2) is 0 Å². The maximum atomic E-state index is 9.25. The minimum atomic E-state index is -2.81. The van der Waals surface area contributed by atoms with E-state index in [0.29, 0.717) is 10.5 Å². The summed E-state index contributed by atoms with van der Waals surface area (Å²) in [4.78, 5) is 9.25. The van der Waals surface area contributed by atoms with Gasteiger partial charge < -0.3 is 17.9 Å². The van der Waals surface area contributed by atoms with E-state index in [1.807, 2.05) is 0 Å². The highest BCUT2D eigenvalue weighted by atomic mass is 28.3. The smallest absolute Gasteiger partial charge is 0.403 e. The van der Waals surface area contributed by atoms with Crippen LogP contribution in [-0.4, -0.2) is 52.3 Å². The van der Waals surface area contributed by atoms with Crippen LogP contribution in [0.1, 0.15) is 0 Å². The van der Waals surface area contributed by atoms with Gasteiger partial charge >= 0.3 is 9.17 Å². The van der Waals surface area contributed by atoms with Crippen LogP contribution < -0.4 is 4.80 Å². The quantitative estimate of drug-likeness (QED) is 0.329. The van der Waals surface area contributed by atoms with Crippen molar-refractivity contribution >= 4 is 19.7 Å². The average molecular weight is 181 g/mol. The molecule has 0 fully saturated rings. The van der Waals surface area contributed by atoms with Gasteiger partial charge in [-0.3, -0.25) is 0 Å². The molecule has 0 spiro atoms. The van der Waals surface area contributed by atoms with Crippen LogP contribution in [0.3, 0.4) is 0 Å². The van der Waals surface area contributed by atoms with E-state index in [2.05, 4.69) is 32.3 Å². The molecule has 0 rings (SSSR count). The molecular formula is C4H15NO3Si2. The molecule has 0 unspecified atom stereocenters. The molecule has 0 N–H and O–H groups in total. The molecule has 0 saturated carbocycles. The summed E-state index contributed by atoms with van der Waals surface area (Å²) < 4.78 is 14.1. The minimum Gasteiger partial charge on any atom is -0.629 e. The molecular weight excluding hydrogens is 166 g/mol. The highest BCUT2D eigenvalue weighted by Crippen LogP contribution is 1.73. The Hall–Kier alpha value is -0.206. The Morgan fingerprint density at radius 1 is 1.40 bits per heavy atom. The zero-order chi connectivity index (χ0) is 8.78. The third-order valence-corrected chi connectivity index (χ3v) is 1.50. The Kier molecular flexibility index (Phi) is 6.94. The fourth-order valence-electron chi connectivity index (χ4n) is 0. The predicted molar refractivity (Wildman–Crippen MR) is 41.4 cm³/mol. The van der Waals surface area contributed by atoms with E-state index in [9.17, 15) is 9.26 Å². The van der Waals surface area contributed by atoms with Crippen LogP contribution in [0.5, 0.6) is 0 Å². The Morgan fingerprint density at radius 3 is 1.50 bits per heavy atom. The van der Waals surface area contributed by atoms with Gasteiger partial charge in [-0.1, -0.05) is 0 Å². The van der Waals surface area contributed by atoms with Crippen molar-refractivity contribution in [2.45, 2.75) is 0 Å². The molecule has 0 aromatic rings. The highest BCUT2D eigenvalue weighted by molar-refractivity contribution is 6.30. The highest BCUT2D eigenvalue weighted by Gasteiger charge is 1.88. The van der Waals surface area contributed by atoms with Crippen molar-refractivity contribution in [2.75, 3.05) is 28.2 Å². The van der Waals surface area contributed by atoms with E-state index in [1.54, 1.807) is 0 Å². The van der Waals surface area contributed by atoms with Crippen molar-refractivity contribution in [3.05, 3.63) is 0 Å². The number of hydrogen-bond donors (Lipinski definition) is 0. The molecule has 0 aliphatic rings. The third-order valence-electron chi connectivity index (χ3n) is 0.167. The molecule has 62 valence electrons. The summed E-state index contributed by atoms with van der Waals surface area (Å²) in [6.45, 7) is 0. The first kappa shape index (κ1) is 12.5. The van der Waals surface area contributed by atoms with Crippen molar-refractivity contribution in [2.24, 2.45) is 0 Å². The second-order valence-corrected chi connectivity index (χ2v) is 5.27. The summed E-state index contributed by atoms with van der Waals surface area (Å²) in [5.74, 6) is 0. The van der Waals surface area contributed by atoms with Gasteiger partial charge in [0.25, 0.3) is 0 Å². The summed E-state index contributed by atoms with van der Waals surface area (Å²) >= 11 is 0. The third kappa shape index (κ3) is 112. The standard InChI is InChI=1S/C4H12N.H3O3Si2/c1-5(2,3)4;1-5(2)3-4/h1-4H3;4H3/q+1;-1. The molecule has 0 aromatic carbocycles. The number of quaternary nitrogens is 1. The van der Waals surface area contributed by atoms with Crippen LogP contribution in [0.25, 0.3) is 0 Å². The fraction of sp³-hybridized carbons (Fsp3) is 1.00. The zero-order valence-corrected chi connectivity index (χ0v) is 10.2. The van der Waals surface area contributed by atoms with Crippen molar-refractivity contribution in [3.8, 4) is 0 Å². The zero-order valence-electron chi connectivity index (χ0n) is 7.17. The van der Waals surface area contributed by atoms with Gasteiger partial charge in [0.1, 0.15) is 10.5 Å². The van der Waals surface area contributed by atoms with Crippen molar-refractivity contribution in [3.63, 3.8) is 0 Å². The largest absolute Gasteiger partial charge is 0.629 e. The molecule has 6 heteroatoms. The van der Waals surface area contributed by atoms with E-state index >= 15 is 0 Å². The second-order valence-electron chi connectivity index (χ2n) is 3.14. The lowest BCUT2D eigenvalue weighted by atomic mass is 10.8. The molecule has 0 heterocycles. The SMILES string of the molecule is C[N+](C)(C)C.O=[Si]([O-])O[SiH3]. The maximum absolute atomic E-state index is 9.25. The van der Waals surface area contributed by atoms with Crippen molar-refractivity contribution in [1.29, 1.82) is 0 Å². The molecule has 0 aliphatic heterocycles. The van der Waals surface area contributed by atoms with Gasteiger partial charge in [-0.15, -0.1) is 0 Å². The number of hydrogen-bond acceptors (Lipinski definition) is 3. The first-order chi connectivity index (χ1) is 4.27.